The molecule has 0 aromatic heterocycles. The van der Waals surface area contributed by atoms with E-state index >= 15 is 0 Å². The highest BCUT2D eigenvalue weighted by Crippen LogP contribution is 2.57. The lowest BCUT2D eigenvalue weighted by atomic mass is 9.69. The van der Waals surface area contributed by atoms with Crippen molar-refractivity contribution in [3.8, 4) is 17.6 Å². The van der Waals surface area contributed by atoms with E-state index in [1.165, 1.54) is 0 Å². The van der Waals surface area contributed by atoms with E-state index in [0.29, 0.717) is 25.3 Å². The van der Waals surface area contributed by atoms with Crippen LogP contribution in [-0.2, 0) is 12.0 Å². The van der Waals surface area contributed by atoms with Crippen LogP contribution >= 0.6 is 15.9 Å². The first kappa shape index (κ1) is 15.9. The zero-order valence-corrected chi connectivity index (χ0v) is 15.0. The van der Waals surface area contributed by atoms with Gasteiger partial charge in [0.2, 0.25) is 0 Å². The molecule has 5 nitrogen and oxygen atoms in total. The molecule has 0 saturated carbocycles. The Hall–Kier alpha value is -1.55. The molecule has 2 heterocycles. The molecule has 126 valence electrons. The van der Waals surface area contributed by atoms with E-state index in [2.05, 4.69) is 33.0 Å². The molecule has 6 heteroatoms. The number of ether oxygens (including phenoxy) is 2. The van der Waals surface area contributed by atoms with E-state index in [9.17, 15) is 5.11 Å². The van der Waals surface area contributed by atoms with E-state index < -0.39 is 6.10 Å². The van der Waals surface area contributed by atoms with Crippen LogP contribution in [0.2, 0.25) is 0 Å². The average Bonchev–Trinajstić information content (AvgIpc) is 2.79. The highest BCUT2D eigenvalue weighted by atomic mass is 79.9. The van der Waals surface area contributed by atoms with Crippen LogP contribution in [0.1, 0.15) is 24.0 Å². The molecule has 0 radical (unpaired) electrons. The molecule has 3 atom stereocenters. The first-order valence-corrected chi connectivity index (χ1v) is 8.91. The molecule has 0 saturated heterocycles. The van der Waals surface area contributed by atoms with E-state index in [0.717, 1.165) is 34.3 Å². The number of aliphatic hydroxyl groups excluding tert-OH is 1. The Balaban J connectivity index is 1.94. The van der Waals surface area contributed by atoms with Gasteiger partial charge in [-0.1, -0.05) is 28.1 Å². The van der Waals surface area contributed by atoms with Crippen molar-refractivity contribution >= 4 is 15.9 Å². The Labute approximate surface area is 149 Å². The fraction of sp³-hybridized carbons (Fsp3) is 0.500. The van der Waals surface area contributed by atoms with Crippen LogP contribution in [0.3, 0.4) is 0 Å². The molecular formula is C18H19BrN2O3. The lowest BCUT2D eigenvalue weighted by Gasteiger charge is -2.35. The van der Waals surface area contributed by atoms with Crippen LogP contribution in [0.25, 0.3) is 0 Å². The first-order valence-electron chi connectivity index (χ1n) is 8.12. The summed E-state index contributed by atoms with van der Waals surface area (Å²) in [5.41, 5.74) is 2.05. The standard InChI is InChI=1S/C18H19BrN2O3/c1-23-14-9-13(19)12-10-21(7-5-20)6-4-18-3-2-11(22)8-15(18)24-17(14)16(12)18/h2-3,9,11,15,22H,4,6-8,10H2,1H3/t11-,15-,18-/m1/s1. The zero-order valence-electron chi connectivity index (χ0n) is 13.5. The van der Waals surface area contributed by atoms with Gasteiger partial charge in [0.15, 0.2) is 11.5 Å². The predicted octanol–water partition coefficient (Wildman–Crippen LogP) is 2.51. The molecule has 0 bridgehead atoms. The summed E-state index contributed by atoms with van der Waals surface area (Å²) in [6.45, 7) is 1.92. The fourth-order valence-corrected chi connectivity index (χ4v) is 4.78. The second-order valence-electron chi connectivity index (χ2n) is 6.67. The second-order valence-corrected chi connectivity index (χ2v) is 7.53. The Morgan fingerprint density at radius 1 is 1.58 bits per heavy atom. The van der Waals surface area contributed by atoms with Crippen LogP contribution in [0, 0.1) is 11.3 Å². The van der Waals surface area contributed by atoms with Crippen molar-refractivity contribution in [2.45, 2.75) is 37.0 Å². The van der Waals surface area contributed by atoms with Gasteiger partial charge < -0.3 is 14.6 Å². The minimum absolute atomic E-state index is 0.100. The number of hydrogen-bond acceptors (Lipinski definition) is 5. The molecule has 0 unspecified atom stereocenters. The number of halogens is 1. The molecule has 1 aliphatic carbocycles. The van der Waals surface area contributed by atoms with Gasteiger partial charge in [0.1, 0.15) is 6.10 Å². The van der Waals surface area contributed by atoms with Crippen molar-refractivity contribution in [1.82, 2.24) is 4.90 Å². The predicted molar refractivity (Wildman–Crippen MR) is 92.1 cm³/mol. The maximum Gasteiger partial charge on any atom is 0.166 e. The van der Waals surface area contributed by atoms with Gasteiger partial charge in [0, 0.05) is 29.5 Å². The number of aliphatic hydroxyl groups is 1. The molecular weight excluding hydrogens is 372 g/mol. The molecule has 0 fully saturated rings. The minimum Gasteiger partial charge on any atom is -0.493 e. The SMILES string of the molecule is COc1cc(Br)c2c3c1O[C@@H]1C[C@H](O)C=C[C@]31CCN(CC#N)C2. The van der Waals surface area contributed by atoms with Crippen LogP contribution in [-0.4, -0.2) is 42.4 Å². The van der Waals surface area contributed by atoms with E-state index in [1.54, 1.807) is 7.11 Å². The lowest BCUT2D eigenvalue weighted by molar-refractivity contribution is 0.0816. The summed E-state index contributed by atoms with van der Waals surface area (Å²) in [5.74, 6) is 1.50. The monoisotopic (exact) mass is 390 g/mol. The summed E-state index contributed by atoms with van der Waals surface area (Å²) in [6, 6.07) is 4.20. The van der Waals surface area contributed by atoms with E-state index in [-0.39, 0.29) is 11.5 Å². The van der Waals surface area contributed by atoms with Crippen molar-refractivity contribution < 1.29 is 14.6 Å². The van der Waals surface area contributed by atoms with Crippen molar-refractivity contribution in [3.63, 3.8) is 0 Å². The van der Waals surface area contributed by atoms with Crippen molar-refractivity contribution in [3.05, 3.63) is 33.8 Å². The van der Waals surface area contributed by atoms with E-state index in [4.69, 9.17) is 14.7 Å². The summed E-state index contributed by atoms with van der Waals surface area (Å²) in [6.07, 6.45) is 4.85. The number of nitrogens with zero attached hydrogens (tertiary/aromatic N) is 2. The molecule has 2 aliphatic heterocycles. The Kier molecular flexibility index (Phi) is 3.83. The highest BCUT2D eigenvalue weighted by molar-refractivity contribution is 9.10. The third kappa shape index (κ3) is 2.19. The Morgan fingerprint density at radius 3 is 3.17 bits per heavy atom. The molecule has 1 aromatic rings. The molecule has 4 rings (SSSR count). The average molecular weight is 391 g/mol. The van der Waals surface area contributed by atoms with Gasteiger partial charge in [0.05, 0.1) is 31.2 Å². The van der Waals surface area contributed by atoms with E-state index in [1.807, 2.05) is 12.1 Å². The van der Waals surface area contributed by atoms with Gasteiger partial charge in [-0.15, -0.1) is 0 Å². The van der Waals surface area contributed by atoms with Crippen molar-refractivity contribution in [2.75, 3.05) is 20.2 Å². The smallest absolute Gasteiger partial charge is 0.166 e. The number of rotatable bonds is 2. The minimum atomic E-state index is -0.480. The topological polar surface area (TPSA) is 65.7 Å². The summed E-state index contributed by atoms with van der Waals surface area (Å²) < 4.78 is 12.8. The number of methoxy groups -OCH3 is 1. The second kappa shape index (κ2) is 5.76. The van der Waals surface area contributed by atoms with Crippen LogP contribution in [0.15, 0.2) is 22.7 Å². The maximum absolute atomic E-state index is 10.1. The van der Waals surface area contributed by atoms with Crippen molar-refractivity contribution in [2.24, 2.45) is 0 Å². The zero-order chi connectivity index (χ0) is 16.9. The number of nitriles is 1. The van der Waals surface area contributed by atoms with Gasteiger partial charge >= 0.3 is 0 Å². The normalized spacial score (nSPS) is 30.8. The van der Waals surface area contributed by atoms with Crippen LogP contribution in [0.4, 0.5) is 0 Å². The van der Waals surface area contributed by atoms with Gasteiger partial charge in [-0.05, 0) is 18.1 Å². The third-order valence-electron chi connectivity index (χ3n) is 5.41. The fourth-order valence-electron chi connectivity index (χ4n) is 4.25. The summed E-state index contributed by atoms with van der Waals surface area (Å²) in [4.78, 5) is 2.16. The summed E-state index contributed by atoms with van der Waals surface area (Å²) in [5, 5.41) is 19.2. The largest absolute Gasteiger partial charge is 0.493 e. The van der Waals surface area contributed by atoms with Crippen LogP contribution < -0.4 is 9.47 Å². The summed E-state index contributed by atoms with van der Waals surface area (Å²) >= 11 is 3.68. The molecule has 24 heavy (non-hydrogen) atoms. The van der Waals surface area contributed by atoms with Crippen molar-refractivity contribution in [1.29, 1.82) is 5.26 Å². The molecule has 0 amide bonds. The number of benzene rings is 1. The van der Waals surface area contributed by atoms with Crippen LogP contribution in [0.5, 0.6) is 11.5 Å². The third-order valence-corrected chi connectivity index (χ3v) is 6.12. The van der Waals surface area contributed by atoms with Gasteiger partial charge in [-0.2, -0.15) is 5.26 Å². The molecule has 1 aromatic carbocycles. The molecule has 1 N–H and O–H groups in total. The van der Waals surface area contributed by atoms with Gasteiger partial charge in [-0.25, -0.2) is 0 Å². The maximum atomic E-state index is 10.1. The molecule has 3 aliphatic rings. The number of hydrogen-bond donors (Lipinski definition) is 1. The first-order chi connectivity index (χ1) is 11.6. The van der Waals surface area contributed by atoms with Gasteiger partial charge in [0.25, 0.3) is 0 Å². The van der Waals surface area contributed by atoms with Gasteiger partial charge in [-0.3, -0.25) is 4.90 Å². The Bertz CT molecular complexity index is 758. The quantitative estimate of drug-likeness (QED) is 0.620. The Morgan fingerprint density at radius 2 is 2.42 bits per heavy atom. The highest BCUT2D eigenvalue weighted by Gasteiger charge is 2.53. The summed E-state index contributed by atoms with van der Waals surface area (Å²) in [7, 11) is 1.64. The molecule has 1 spiro atoms. The lowest BCUT2D eigenvalue weighted by Crippen LogP contribution is -2.43.